The van der Waals surface area contributed by atoms with E-state index in [1.54, 1.807) is 18.2 Å². The van der Waals surface area contributed by atoms with Gasteiger partial charge in [-0.05, 0) is 60.9 Å². The maximum Gasteiger partial charge on any atom is 0.341 e. The molecular weight excluding hydrogens is 447 g/mol. The number of nitrogens with zero attached hydrogens (tertiary/aromatic N) is 1. The number of aliphatic carboxylic acids is 1. The molecule has 0 atom stereocenters. The summed E-state index contributed by atoms with van der Waals surface area (Å²) in [6, 6.07) is 6.89. The zero-order chi connectivity index (χ0) is 22.9. The van der Waals surface area contributed by atoms with E-state index in [9.17, 15) is 19.2 Å². The molecule has 0 aliphatic carbocycles. The molecule has 1 saturated heterocycles. The van der Waals surface area contributed by atoms with Gasteiger partial charge < -0.3 is 9.84 Å². The topological polar surface area (TPSA) is 113 Å². The lowest BCUT2D eigenvalue weighted by Gasteiger charge is -2.27. The van der Waals surface area contributed by atoms with Crippen LogP contribution in [-0.4, -0.2) is 35.5 Å². The summed E-state index contributed by atoms with van der Waals surface area (Å²) in [7, 11) is 0. The van der Waals surface area contributed by atoms with Gasteiger partial charge in [0.1, 0.15) is 5.57 Å². The number of aryl methyl sites for hydroxylation is 2. The maximum absolute atomic E-state index is 13.0. The van der Waals surface area contributed by atoms with Crippen LogP contribution >= 0.6 is 23.2 Å². The van der Waals surface area contributed by atoms with Crippen molar-refractivity contribution in [3.8, 4) is 5.75 Å². The number of carbonyl (C=O) groups is 4. The summed E-state index contributed by atoms with van der Waals surface area (Å²) in [6.45, 7) is 3.09. The van der Waals surface area contributed by atoms with Gasteiger partial charge in [-0.1, -0.05) is 29.3 Å². The molecule has 3 rings (SSSR count). The summed E-state index contributed by atoms with van der Waals surface area (Å²) >= 11 is 12.2. The van der Waals surface area contributed by atoms with E-state index >= 15 is 0 Å². The molecule has 0 bridgehead atoms. The fraction of sp³-hybridized carbons (Fsp3) is 0.143. The van der Waals surface area contributed by atoms with Gasteiger partial charge in [0, 0.05) is 0 Å². The van der Waals surface area contributed by atoms with Crippen molar-refractivity contribution in [2.45, 2.75) is 13.8 Å². The highest BCUT2D eigenvalue weighted by atomic mass is 35.5. The minimum atomic E-state index is -1.21. The monoisotopic (exact) mass is 462 g/mol. The quantitative estimate of drug-likeness (QED) is 0.516. The number of halogens is 2. The largest absolute Gasteiger partial charge is 0.479 e. The number of amides is 4. The number of imide groups is 2. The Bertz CT molecular complexity index is 1140. The smallest absolute Gasteiger partial charge is 0.341 e. The van der Waals surface area contributed by atoms with Crippen LogP contribution in [0.4, 0.5) is 10.5 Å². The van der Waals surface area contributed by atoms with Crippen molar-refractivity contribution in [1.29, 1.82) is 0 Å². The summed E-state index contributed by atoms with van der Waals surface area (Å²) < 4.78 is 5.04. The highest BCUT2D eigenvalue weighted by molar-refractivity contribution is 6.40. The van der Waals surface area contributed by atoms with Crippen LogP contribution in [0.1, 0.15) is 16.7 Å². The third kappa shape index (κ3) is 4.70. The van der Waals surface area contributed by atoms with Crippen LogP contribution in [0.5, 0.6) is 5.75 Å². The molecule has 0 aromatic heterocycles. The van der Waals surface area contributed by atoms with Crippen LogP contribution in [0.3, 0.4) is 0 Å². The number of hydrogen-bond acceptors (Lipinski definition) is 5. The molecule has 0 spiro atoms. The van der Waals surface area contributed by atoms with Crippen molar-refractivity contribution >= 4 is 58.8 Å². The second-order valence-corrected chi connectivity index (χ2v) is 7.54. The van der Waals surface area contributed by atoms with E-state index in [0.717, 1.165) is 16.0 Å². The van der Waals surface area contributed by atoms with Crippen LogP contribution in [0.15, 0.2) is 35.9 Å². The second kappa shape index (κ2) is 8.79. The van der Waals surface area contributed by atoms with E-state index in [1.165, 1.54) is 18.2 Å². The number of nitrogens with one attached hydrogen (secondary N) is 1. The minimum Gasteiger partial charge on any atom is -0.479 e. The average molecular weight is 463 g/mol. The first-order valence-electron chi connectivity index (χ1n) is 8.91. The lowest BCUT2D eigenvalue weighted by molar-refractivity contribution is -0.139. The molecule has 2 aromatic rings. The summed E-state index contributed by atoms with van der Waals surface area (Å²) in [5.41, 5.74) is 2.15. The van der Waals surface area contributed by atoms with Crippen LogP contribution in [0.25, 0.3) is 6.08 Å². The molecule has 1 aliphatic rings. The van der Waals surface area contributed by atoms with Crippen molar-refractivity contribution in [3.05, 3.63) is 62.6 Å². The molecule has 0 saturated carbocycles. The number of benzene rings is 2. The van der Waals surface area contributed by atoms with Crippen LogP contribution < -0.4 is 15.0 Å². The molecule has 160 valence electrons. The number of carboxylic acids is 1. The second-order valence-electron chi connectivity index (χ2n) is 6.72. The molecule has 10 heteroatoms. The summed E-state index contributed by atoms with van der Waals surface area (Å²) in [5, 5.41) is 10.8. The number of carboxylic acid groups (broad SMARTS) is 1. The molecular formula is C21H16Cl2N2O6. The fourth-order valence-electron chi connectivity index (χ4n) is 2.86. The van der Waals surface area contributed by atoms with Crippen LogP contribution in [0.2, 0.25) is 10.0 Å². The van der Waals surface area contributed by atoms with E-state index < -0.39 is 30.4 Å². The molecule has 2 N–H and O–H groups in total. The normalized spacial score (nSPS) is 15.3. The number of rotatable bonds is 5. The number of urea groups is 1. The van der Waals surface area contributed by atoms with E-state index in [1.807, 2.05) is 13.8 Å². The van der Waals surface area contributed by atoms with Crippen LogP contribution in [-0.2, 0) is 14.4 Å². The van der Waals surface area contributed by atoms with E-state index in [2.05, 4.69) is 5.32 Å². The first-order chi connectivity index (χ1) is 14.6. The summed E-state index contributed by atoms with van der Waals surface area (Å²) in [4.78, 5) is 49.2. The predicted molar refractivity (Wildman–Crippen MR) is 115 cm³/mol. The van der Waals surface area contributed by atoms with Gasteiger partial charge >= 0.3 is 12.0 Å². The van der Waals surface area contributed by atoms with Crippen molar-refractivity contribution in [1.82, 2.24) is 5.32 Å². The number of hydrogen-bond donors (Lipinski definition) is 2. The lowest BCUT2D eigenvalue weighted by Crippen LogP contribution is -2.54. The van der Waals surface area contributed by atoms with Crippen molar-refractivity contribution < 1.29 is 29.0 Å². The molecule has 8 nitrogen and oxygen atoms in total. The van der Waals surface area contributed by atoms with E-state index in [0.29, 0.717) is 5.69 Å². The molecule has 31 heavy (non-hydrogen) atoms. The Morgan fingerprint density at radius 3 is 2.32 bits per heavy atom. The Balaban J connectivity index is 1.98. The van der Waals surface area contributed by atoms with Crippen LogP contribution in [0, 0.1) is 13.8 Å². The number of ether oxygens (including phenoxy) is 1. The summed E-state index contributed by atoms with van der Waals surface area (Å²) in [5.74, 6) is -2.93. The molecule has 0 unspecified atom stereocenters. The highest BCUT2D eigenvalue weighted by Crippen LogP contribution is 2.35. The van der Waals surface area contributed by atoms with Crippen molar-refractivity contribution in [2.24, 2.45) is 0 Å². The molecule has 0 radical (unpaired) electrons. The molecule has 2 aromatic carbocycles. The van der Waals surface area contributed by atoms with Gasteiger partial charge in [-0.2, -0.15) is 0 Å². The van der Waals surface area contributed by atoms with Crippen molar-refractivity contribution in [3.63, 3.8) is 0 Å². The van der Waals surface area contributed by atoms with E-state index in [4.69, 9.17) is 33.0 Å². The minimum absolute atomic E-state index is 0.00800. The first kappa shape index (κ1) is 22.3. The van der Waals surface area contributed by atoms with E-state index in [-0.39, 0.29) is 26.9 Å². The first-order valence-corrected chi connectivity index (χ1v) is 9.66. The third-order valence-corrected chi connectivity index (χ3v) is 5.08. The van der Waals surface area contributed by atoms with Gasteiger partial charge in [-0.3, -0.25) is 14.9 Å². The number of anilines is 1. The molecule has 1 aliphatic heterocycles. The number of barbiturate groups is 1. The highest BCUT2D eigenvalue weighted by Gasteiger charge is 2.37. The Morgan fingerprint density at radius 2 is 1.74 bits per heavy atom. The van der Waals surface area contributed by atoms with Gasteiger partial charge in [-0.15, -0.1) is 0 Å². The Labute approximate surface area is 187 Å². The number of carbonyl (C=O) groups excluding carboxylic acids is 3. The zero-order valence-corrected chi connectivity index (χ0v) is 17.9. The maximum atomic E-state index is 13.0. The SMILES string of the molecule is Cc1ccc(N2C(=O)NC(=O)C(=Cc3cc(Cl)c(OCC(=O)O)c(Cl)c3)C2=O)cc1C. The summed E-state index contributed by atoms with van der Waals surface area (Å²) in [6.07, 6.45) is 1.23. The van der Waals surface area contributed by atoms with Gasteiger partial charge in [0.2, 0.25) is 0 Å². The fourth-order valence-corrected chi connectivity index (χ4v) is 3.47. The van der Waals surface area contributed by atoms with Gasteiger partial charge in [0.15, 0.2) is 12.4 Å². The van der Waals surface area contributed by atoms with Crippen molar-refractivity contribution in [2.75, 3.05) is 11.5 Å². The Morgan fingerprint density at radius 1 is 1.10 bits per heavy atom. The zero-order valence-electron chi connectivity index (χ0n) is 16.4. The Kier molecular flexibility index (Phi) is 6.33. The molecule has 4 amide bonds. The van der Waals surface area contributed by atoms with Gasteiger partial charge in [0.05, 0.1) is 15.7 Å². The molecule has 1 fully saturated rings. The third-order valence-electron chi connectivity index (χ3n) is 4.52. The molecule has 1 heterocycles. The lowest BCUT2D eigenvalue weighted by atomic mass is 10.0. The van der Waals surface area contributed by atoms with Gasteiger partial charge in [-0.25, -0.2) is 14.5 Å². The average Bonchev–Trinajstić information content (AvgIpc) is 2.67. The van der Waals surface area contributed by atoms with Gasteiger partial charge in [0.25, 0.3) is 11.8 Å². The predicted octanol–water partition coefficient (Wildman–Crippen LogP) is 3.74. The standard InChI is InChI=1S/C21H16Cl2N2O6/c1-10-3-4-13(5-11(10)2)25-20(29)14(19(28)24-21(25)30)6-12-7-15(22)18(16(23)8-12)31-9-17(26)27/h3-8H,9H2,1-2H3,(H,26,27)(H,24,28,30). The Hall–Kier alpha value is -3.36.